The quantitative estimate of drug-likeness (QED) is 0.738. The third-order valence-corrected chi connectivity index (χ3v) is 4.78. The second-order valence-corrected chi connectivity index (χ2v) is 7.01. The van der Waals surface area contributed by atoms with Crippen LogP contribution in [0.3, 0.4) is 0 Å². The molecule has 19 heavy (non-hydrogen) atoms. The first-order chi connectivity index (χ1) is 9.00. The molecule has 0 aliphatic heterocycles. The van der Waals surface area contributed by atoms with Gasteiger partial charge in [-0.25, -0.2) is 8.42 Å². The van der Waals surface area contributed by atoms with Gasteiger partial charge in [0, 0.05) is 5.75 Å². The molecule has 5 heteroatoms. The first-order valence-electron chi connectivity index (χ1n) is 6.62. The number of hydrogen-bond donors (Lipinski definition) is 1. The Hall–Kier alpha value is -1.07. The van der Waals surface area contributed by atoms with Crippen LogP contribution in [0.2, 0.25) is 0 Å². The number of para-hydroxylation sites is 1. The second-order valence-electron chi connectivity index (χ2n) is 4.54. The average Bonchev–Trinajstić information content (AvgIpc) is 2.37. The third-order valence-electron chi connectivity index (χ3n) is 2.99. The predicted molar refractivity (Wildman–Crippen MR) is 78.4 cm³/mol. The van der Waals surface area contributed by atoms with Crippen molar-refractivity contribution in [2.75, 3.05) is 24.7 Å². The van der Waals surface area contributed by atoms with Crippen molar-refractivity contribution < 1.29 is 13.2 Å². The highest BCUT2D eigenvalue weighted by Gasteiger charge is 2.09. The highest BCUT2D eigenvalue weighted by Crippen LogP contribution is 2.23. The van der Waals surface area contributed by atoms with Crippen LogP contribution in [-0.2, 0) is 16.3 Å². The number of ether oxygens (including phenoxy) is 1. The lowest BCUT2D eigenvalue weighted by atomic mass is 10.1. The Morgan fingerprint density at radius 2 is 2.05 bits per heavy atom. The van der Waals surface area contributed by atoms with Crippen molar-refractivity contribution >= 4 is 9.84 Å². The van der Waals surface area contributed by atoms with E-state index in [1.807, 2.05) is 25.1 Å². The monoisotopic (exact) mass is 285 g/mol. The van der Waals surface area contributed by atoms with E-state index in [-0.39, 0.29) is 11.5 Å². The zero-order chi connectivity index (χ0) is 14.3. The molecule has 0 heterocycles. The lowest BCUT2D eigenvalue weighted by Crippen LogP contribution is -2.13. The lowest BCUT2D eigenvalue weighted by Gasteiger charge is -2.13. The summed E-state index contributed by atoms with van der Waals surface area (Å²) in [6.07, 6.45) is 1.29. The highest BCUT2D eigenvalue weighted by atomic mass is 32.2. The van der Waals surface area contributed by atoms with Crippen molar-refractivity contribution in [2.24, 2.45) is 5.73 Å². The van der Waals surface area contributed by atoms with Crippen LogP contribution in [0, 0.1) is 6.92 Å². The highest BCUT2D eigenvalue weighted by molar-refractivity contribution is 7.91. The van der Waals surface area contributed by atoms with E-state index in [4.69, 9.17) is 10.5 Å². The molecule has 0 aliphatic rings. The number of rotatable bonds is 8. The fourth-order valence-corrected chi connectivity index (χ4v) is 2.72. The van der Waals surface area contributed by atoms with E-state index in [0.29, 0.717) is 19.6 Å². The van der Waals surface area contributed by atoms with Crippen molar-refractivity contribution in [2.45, 2.75) is 26.7 Å². The van der Waals surface area contributed by atoms with Gasteiger partial charge in [-0.2, -0.15) is 0 Å². The van der Waals surface area contributed by atoms with Gasteiger partial charge in [-0.3, -0.25) is 0 Å². The van der Waals surface area contributed by atoms with E-state index in [2.05, 4.69) is 0 Å². The van der Waals surface area contributed by atoms with Crippen LogP contribution in [0.4, 0.5) is 0 Å². The van der Waals surface area contributed by atoms with E-state index < -0.39 is 9.84 Å². The molecule has 2 N–H and O–H groups in total. The third kappa shape index (κ3) is 5.20. The second kappa shape index (κ2) is 7.50. The molecule has 0 aliphatic carbocycles. The summed E-state index contributed by atoms with van der Waals surface area (Å²) < 4.78 is 28.5. The van der Waals surface area contributed by atoms with Gasteiger partial charge in [-0.1, -0.05) is 25.1 Å². The summed E-state index contributed by atoms with van der Waals surface area (Å²) in [5.74, 6) is 1.22. The molecule has 108 valence electrons. The van der Waals surface area contributed by atoms with Crippen molar-refractivity contribution in [3.05, 3.63) is 29.3 Å². The maximum absolute atomic E-state index is 11.4. The van der Waals surface area contributed by atoms with Gasteiger partial charge >= 0.3 is 0 Å². The molecule has 0 fully saturated rings. The van der Waals surface area contributed by atoms with E-state index in [0.717, 1.165) is 23.3 Å². The fourth-order valence-electron chi connectivity index (χ4n) is 1.87. The van der Waals surface area contributed by atoms with Gasteiger partial charge in [0.25, 0.3) is 0 Å². The first-order valence-corrected chi connectivity index (χ1v) is 8.44. The number of aryl methyl sites for hydroxylation is 1. The van der Waals surface area contributed by atoms with E-state index in [1.54, 1.807) is 6.92 Å². The molecule has 0 atom stereocenters. The minimum absolute atomic E-state index is 0.182. The minimum atomic E-state index is -2.90. The van der Waals surface area contributed by atoms with Crippen molar-refractivity contribution in [1.29, 1.82) is 0 Å². The molecule has 4 nitrogen and oxygen atoms in total. The Balaban J connectivity index is 2.58. The summed E-state index contributed by atoms with van der Waals surface area (Å²) in [6, 6.07) is 5.96. The molecule has 0 saturated carbocycles. The molecule has 0 radical (unpaired) electrons. The summed E-state index contributed by atoms with van der Waals surface area (Å²) in [6.45, 7) is 4.64. The van der Waals surface area contributed by atoms with Crippen LogP contribution in [0.1, 0.15) is 24.5 Å². The molecule has 0 aromatic heterocycles. The van der Waals surface area contributed by atoms with Gasteiger partial charge in [-0.15, -0.1) is 0 Å². The van der Waals surface area contributed by atoms with Crippen molar-refractivity contribution in [3.8, 4) is 5.75 Å². The molecule has 0 spiro atoms. The molecule has 0 amide bonds. The maximum Gasteiger partial charge on any atom is 0.150 e. The molecular weight excluding hydrogens is 262 g/mol. The van der Waals surface area contributed by atoms with Crippen LogP contribution in [0.25, 0.3) is 0 Å². The summed E-state index contributed by atoms with van der Waals surface area (Å²) >= 11 is 0. The Bertz CT molecular complexity index is 497. The average molecular weight is 285 g/mol. The molecule has 0 bridgehead atoms. The molecule has 0 saturated heterocycles. The number of hydrogen-bond acceptors (Lipinski definition) is 4. The van der Waals surface area contributed by atoms with Gasteiger partial charge in [0.1, 0.15) is 15.6 Å². The Kier molecular flexibility index (Phi) is 6.31. The maximum atomic E-state index is 11.4. The molecule has 1 aromatic rings. The molecule has 0 unspecified atom stereocenters. The van der Waals surface area contributed by atoms with Gasteiger partial charge in [0.05, 0.1) is 12.4 Å². The van der Waals surface area contributed by atoms with Gasteiger partial charge in [-0.05, 0) is 37.4 Å². The summed E-state index contributed by atoms with van der Waals surface area (Å²) in [7, 11) is -2.90. The van der Waals surface area contributed by atoms with Crippen LogP contribution < -0.4 is 10.5 Å². The van der Waals surface area contributed by atoms with E-state index >= 15 is 0 Å². The van der Waals surface area contributed by atoms with Crippen molar-refractivity contribution in [3.63, 3.8) is 0 Å². The lowest BCUT2D eigenvalue weighted by molar-refractivity contribution is 0.312. The minimum Gasteiger partial charge on any atom is -0.493 e. The van der Waals surface area contributed by atoms with Crippen LogP contribution in [0.5, 0.6) is 5.75 Å². The molecular formula is C14H23NO3S. The van der Waals surface area contributed by atoms with Crippen molar-refractivity contribution in [1.82, 2.24) is 0 Å². The number of benzene rings is 1. The summed E-state index contributed by atoms with van der Waals surface area (Å²) in [5, 5.41) is 0. The molecule has 1 rings (SSSR count). The Labute approximate surface area is 115 Å². The smallest absolute Gasteiger partial charge is 0.150 e. The number of nitrogens with two attached hydrogens (primary N) is 1. The normalized spacial score (nSPS) is 11.5. The van der Waals surface area contributed by atoms with E-state index in [9.17, 15) is 8.42 Å². The van der Waals surface area contributed by atoms with Gasteiger partial charge < -0.3 is 10.5 Å². The molecule has 1 aromatic carbocycles. The zero-order valence-corrected chi connectivity index (χ0v) is 12.5. The first kappa shape index (κ1) is 16.0. The standard InChI is InChI=1S/C14H23NO3S/c1-3-19(16,17)11-5-10-18-14-12(2)6-4-7-13(14)8-9-15/h4,6-7H,3,5,8-11,15H2,1-2H3. The summed E-state index contributed by atoms with van der Waals surface area (Å²) in [5.41, 5.74) is 7.72. The fraction of sp³-hybridized carbons (Fsp3) is 0.571. The zero-order valence-electron chi connectivity index (χ0n) is 11.7. The largest absolute Gasteiger partial charge is 0.493 e. The number of sulfone groups is 1. The van der Waals surface area contributed by atoms with Gasteiger partial charge in [0.15, 0.2) is 0 Å². The van der Waals surface area contributed by atoms with Crippen LogP contribution >= 0.6 is 0 Å². The van der Waals surface area contributed by atoms with E-state index in [1.165, 1.54) is 0 Å². The predicted octanol–water partition coefficient (Wildman–Crippen LogP) is 1.70. The van der Waals surface area contributed by atoms with Crippen LogP contribution in [0.15, 0.2) is 18.2 Å². The van der Waals surface area contributed by atoms with Crippen LogP contribution in [-0.4, -0.2) is 33.1 Å². The SMILES string of the molecule is CCS(=O)(=O)CCCOc1c(C)cccc1CCN. The van der Waals surface area contributed by atoms with Gasteiger partial charge in [0.2, 0.25) is 0 Å². The topological polar surface area (TPSA) is 69.4 Å². The summed E-state index contributed by atoms with van der Waals surface area (Å²) in [4.78, 5) is 0. The Morgan fingerprint density at radius 3 is 2.68 bits per heavy atom. The Morgan fingerprint density at radius 1 is 1.32 bits per heavy atom.